The van der Waals surface area contributed by atoms with Crippen molar-refractivity contribution in [2.24, 2.45) is 5.73 Å². The van der Waals surface area contributed by atoms with E-state index in [0.717, 1.165) is 12.1 Å². The lowest BCUT2D eigenvalue weighted by atomic mass is 10.2. The van der Waals surface area contributed by atoms with Crippen LogP contribution in [0.25, 0.3) is 0 Å². The molecular formula is C10H13F3N2O. The third-order valence-corrected chi connectivity index (χ3v) is 2.00. The molecule has 1 unspecified atom stereocenters. The van der Waals surface area contributed by atoms with Crippen molar-refractivity contribution >= 4 is 5.69 Å². The molecule has 6 heteroatoms. The van der Waals surface area contributed by atoms with Gasteiger partial charge in [-0.15, -0.1) is 0 Å². The molecule has 0 fully saturated rings. The van der Waals surface area contributed by atoms with Crippen LogP contribution in [-0.2, 0) is 6.18 Å². The van der Waals surface area contributed by atoms with E-state index in [1.165, 1.54) is 6.07 Å². The van der Waals surface area contributed by atoms with E-state index in [1.54, 1.807) is 6.92 Å². The number of halogens is 3. The fourth-order valence-corrected chi connectivity index (χ4v) is 1.10. The van der Waals surface area contributed by atoms with Gasteiger partial charge in [0.1, 0.15) is 11.9 Å². The molecule has 1 aromatic carbocycles. The molecule has 0 aliphatic rings. The molecule has 0 saturated carbocycles. The molecule has 0 amide bonds. The molecule has 0 aliphatic heterocycles. The molecule has 0 bridgehead atoms. The van der Waals surface area contributed by atoms with Crippen LogP contribution < -0.4 is 16.2 Å². The van der Waals surface area contributed by atoms with Crippen molar-refractivity contribution in [1.29, 1.82) is 0 Å². The number of anilines is 1. The molecule has 0 saturated heterocycles. The SMILES string of the molecule is CC(CN)Oc1ccc(C(F)(F)F)cc1N. The van der Waals surface area contributed by atoms with E-state index in [4.69, 9.17) is 16.2 Å². The highest BCUT2D eigenvalue weighted by atomic mass is 19.4. The zero-order chi connectivity index (χ0) is 12.3. The van der Waals surface area contributed by atoms with Crippen LogP contribution in [-0.4, -0.2) is 12.6 Å². The van der Waals surface area contributed by atoms with E-state index < -0.39 is 11.7 Å². The van der Waals surface area contributed by atoms with Crippen molar-refractivity contribution in [3.8, 4) is 5.75 Å². The highest BCUT2D eigenvalue weighted by Crippen LogP contribution is 2.33. The molecule has 0 aromatic heterocycles. The maximum Gasteiger partial charge on any atom is 0.416 e. The van der Waals surface area contributed by atoms with Gasteiger partial charge < -0.3 is 16.2 Å². The van der Waals surface area contributed by atoms with Crippen LogP contribution in [0.15, 0.2) is 18.2 Å². The molecule has 90 valence electrons. The standard InChI is InChI=1S/C10H13F3N2O/c1-6(5-14)16-9-3-2-7(4-8(9)15)10(11,12)13/h2-4,6H,5,14-15H2,1H3. The van der Waals surface area contributed by atoms with Crippen molar-refractivity contribution in [3.05, 3.63) is 23.8 Å². The maximum atomic E-state index is 12.3. The second kappa shape index (κ2) is 4.61. The second-order valence-corrected chi connectivity index (χ2v) is 3.41. The van der Waals surface area contributed by atoms with Crippen LogP contribution in [0.1, 0.15) is 12.5 Å². The predicted octanol–water partition coefficient (Wildman–Crippen LogP) is 2.01. The molecule has 1 atom stereocenters. The summed E-state index contributed by atoms with van der Waals surface area (Å²) in [5.74, 6) is 0.214. The van der Waals surface area contributed by atoms with Crippen LogP contribution in [0.4, 0.5) is 18.9 Å². The number of nitrogen functional groups attached to an aromatic ring is 1. The van der Waals surface area contributed by atoms with E-state index in [0.29, 0.717) is 0 Å². The Kier molecular flexibility index (Phi) is 3.64. The molecule has 1 aromatic rings. The van der Waals surface area contributed by atoms with Crippen LogP contribution in [0.2, 0.25) is 0 Å². The fourth-order valence-electron chi connectivity index (χ4n) is 1.10. The molecule has 16 heavy (non-hydrogen) atoms. The Labute approximate surface area is 91.2 Å². The van der Waals surface area contributed by atoms with Gasteiger partial charge in [0.2, 0.25) is 0 Å². The first-order valence-corrected chi connectivity index (χ1v) is 4.68. The average Bonchev–Trinajstić information content (AvgIpc) is 2.19. The topological polar surface area (TPSA) is 61.3 Å². The highest BCUT2D eigenvalue weighted by Gasteiger charge is 2.30. The number of alkyl halides is 3. The second-order valence-electron chi connectivity index (χ2n) is 3.41. The summed E-state index contributed by atoms with van der Waals surface area (Å²) in [7, 11) is 0. The van der Waals surface area contributed by atoms with Gasteiger partial charge in [0.25, 0.3) is 0 Å². The van der Waals surface area contributed by atoms with E-state index in [2.05, 4.69) is 0 Å². The van der Waals surface area contributed by atoms with Crippen LogP contribution in [0, 0.1) is 0 Å². The van der Waals surface area contributed by atoms with Gasteiger partial charge in [-0.3, -0.25) is 0 Å². The summed E-state index contributed by atoms with van der Waals surface area (Å²) in [6.07, 6.45) is -4.69. The van der Waals surface area contributed by atoms with Crippen molar-refractivity contribution in [1.82, 2.24) is 0 Å². The number of benzene rings is 1. The number of rotatable bonds is 3. The first kappa shape index (κ1) is 12.6. The van der Waals surface area contributed by atoms with E-state index in [1.807, 2.05) is 0 Å². The molecule has 0 spiro atoms. The summed E-state index contributed by atoms with van der Waals surface area (Å²) in [6.45, 7) is 1.97. The molecule has 0 radical (unpaired) electrons. The van der Waals surface area contributed by atoms with E-state index in [9.17, 15) is 13.2 Å². The lowest BCUT2D eigenvalue weighted by molar-refractivity contribution is -0.137. The third kappa shape index (κ3) is 3.03. The Morgan fingerprint density at radius 3 is 2.44 bits per heavy atom. The summed E-state index contributed by atoms with van der Waals surface area (Å²) < 4.78 is 42.2. The van der Waals surface area contributed by atoms with Gasteiger partial charge in [-0.25, -0.2) is 0 Å². The molecule has 4 N–H and O–H groups in total. The minimum Gasteiger partial charge on any atom is -0.487 e. The van der Waals surface area contributed by atoms with Crippen molar-refractivity contribution in [3.63, 3.8) is 0 Å². The lowest BCUT2D eigenvalue weighted by Gasteiger charge is -2.15. The predicted molar refractivity (Wildman–Crippen MR) is 55.0 cm³/mol. The lowest BCUT2D eigenvalue weighted by Crippen LogP contribution is -2.23. The average molecular weight is 234 g/mol. The largest absolute Gasteiger partial charge is 0.487 e. The third-order valence-electron chi connectivity index (χ3n) is 2.00. The maximum absolute atomic E-state index is 12.3. The number of hydrogen-bond acceptors (Lipinski definition) is 3. The van der Waals surface area contributed by atoms with Crippen LogP contribution in [0.5, 0.6) is 5.75 Å². The zero-order valence-electron chi connectivity index (χ0n) is 8.71. The van der Waals surface area contributed by atoms with Gasteiger partial charge in [0, 0.05) is 6.54 Å². The first-order valence-electron chi connectivity index (χ1n) is 4.68. The molecule has 0 aliphatic carbocycles. The normalized spacial score (nSPS) is 13.6. The van der Waals surface area contributed by atoms with Gasteiger partial charge in [0.15, 0.2) is 0 Å². The molecule has 1 rings (SSSR count). The summed E-state index contributed by atoms with van der Waals surface area (Å²) in [5.41, 5.74) is 9.94. The summed E-state index contributed by atoms with van der Waals surface area (Å²) in [6, 6.07) is 2.97. The van der Waals surface area contributed by atoms with Crippen molar-refractivity contribution < 1.29 is 17.9 Å². The Morgan fingerprint density at radius 2 is 2.00 bits per heavy atom. The Balaban J connectivity index is 2.92. The van der Waals surface area contributed by atoms with Crippen LogP contribution in [0.3, 0.4) is 0 Å². The van der Waals surface area contributed by atoms with Crippen molar-refractivity contribution in [2.45, 2.75) is 19.2 Å². The smallest absolute Gasteiger partial charge is 0.416 e. The Bertz CT molecular complexity index is 366. The Hall–Kier alpha value is -1.43. The fraction of sp³-hybridized carbons (Fsp3) is 0.400. The minimum absolute atomic E-state index is 0.0462. The highest BCUT2D eigenvalue weighted by molar-refractivity contribution is 5.54. The Morgan fingerprint density at radius 1 is 1.38 bits per heavy atom. The summed E-state index contributed by atoms with van der Waals surface area (Å²) in [5, 5.41) is 0. The monoisotopic (exact) mass is 234 g/mol. The molecular weight excluding hydrogens is 221 g/mol. The number of hydrogen-bond donors (Lipinski definition) is 2. The van der Waals surface area contributed by atoms with Gasteiger partial charge >= 0.3 is 6.18 Å². The number of nitrogens with two attached hydrogens (primary N) is 2. The van der Waals surface area contributed by atoms with Crippen LogP contribution >= 0.6 is 0 Å². The van der Waals surface area contributed by atoms with Crippen molar-refractivity contribution in [2.75, 3.05) is 12.3 Å². The van der Waals surface area contributed by atoms with Gasteiger partial charge in [-0.2, -0.15) is 13.2 Å². The number of ether oxygens (including phenoxy) is 1. The quantitative estimate of drug-likeness (QED) is 0.786. The van der Waals surface area contributed by atoms with Gasteiger partial charge in [-0.05, 0) is 25.1 Å². The molecule has 3 nitrogen and oxygen atoms in total. The summed E-state index contributed by atoms with van der Waals surface area (Å²) in [4.78, 5) is 0. The van der Waals surface area contributed by atoms with Gasteiger partial charge in [0.05, 0.1) is 11.3 Å². The minimum atomic E-state index is -4.40. The summed E-state index contributed by atoms with van der Waals surface area (Å²) >= 11 is 0. The van der Waals surface area contributed by atoms with E-state index >= 15 is 0 Å². The van der Waals surface area contributed by atoms with E-state index in [-0.39, 0.29) is 24.1 Å². The first-order chi connectivity index (χ1) is 7.34. The zero-order valence-corrected chi connectivity index (χ0v) is 8.71. The molecule has 0 heterocycles. The van der Waals surface area contributed by atoms with Gasteiger partial charge in [-0.1, -0.05) is 0 Å².